The van der Waals surface area contributed by atoms with Gasteiger partial charge in [0, 0.05) is 59.8 Å². The molecule has 9 nitrogen and oxygen atoms in total. The molecule has 4 heterocycles. The van der Waals surface area contributed by atoms with E-state index < -0.39 is 30.0 Å². The lowest BCUT2D eigenvalue weighted by molar-refractivity contribution is -0.137. The first-order valence-corrected chi connectivity index (χ1v) is 12.9. The highest BCUT2D eigenvalue weighted by molar-refractivity contribution is 5.97. The molecule has 2 N–H and O–H groups in total. The van der Waals surface area contributed by atoms with Crippen LogP contribution < -0.4 is 5.32 Å². The number of anilines is 1. The largest absolute Gasteiger partial charge is 0.444 e. The van der Waals surface area contributed by atoms with Gasteiger partial charge in [-0.25, -0.2) is 19.4 Å². The van der Waals surface area contributed by atoms with Gasteiger partial charge < -0.3 is 19.9 Å². The average molecular weight is 578 g/mol. The summed E-state index contributed by atoms with van der Waals surface area (Å²) in [5, 5.41) is 7.37. The van der Waals surface area contributed by atoms with Crippen molar-refractivity contribution in [3.8, 4) is 22.5 Å². The molecule has 0 aliphatic carbocycles. The molecule has 14 heteroatoms. The number of hydrogen-bond donors (Lipinski definition) is 2. The van der Waals surface area contributed by atoms with Crippen LogP contribution in [0.5, 0.6) is 0 Å². The Balaban J connectivity index is 1.43. The van der Waals surface area contributed by atoms with E-state index in [1.165, 1.54) is 12.3 Å². The SMILES string of the molecule is CC(C)(C)OC(=O)N1CCC[C@H](Nc2ncc(C(F)(F)F)c(-c3c[nH]c4cc(-c5ccn(C(F)F)n5)ccc34)n2)C1. The number of fused-ring (bicyclic) bond motifs is 1. The van der Waals surface area contributed by atoms with Gasteiger partial charge in [0.15, 0.2) is 0 Å². The molecule has 0 spiro atoms. The third-order valence-corrected chi connectivity index (χ3v) is 6.54. The van der Waals surface area contributed by atoms with Gasteiger partial charge in [0.1, 0.15) is 11.2 Å². The van der Waals surface area contributed by atoms with Crippen LogP contribution in [-0.2, 0) is 10.9 Å². The fourth-order valence-electron chi connectivity index (χ4n) is 4.72. The van der Waals surface area contributed by atoms with E-state index in [2.05, 4.69) is 25.4 Å². The number of nitrogens with one attached hydrogen (secondary N) is 2. The summed E-state index contributed by atoms with van der Waals surface area (Å²) >= 11 is 0. The minimum absolute atomic E-state index is 0.00690. The van der Waals surface area contributed by atoms with Crippen LogP contribution in [0.25, 0.3) is 33.4 Å². The van der Waals surface area contributed by atoms with Gasteiger partial charge in [0.05, 0.1) is 11.4 Å². The topological polar surface area (TPSA) is 101 Å². The average Bonchev–Trinajstić information content (AvgIpc) is 3.55. The fraction of sp³-hybridized carbons (Fsp3) is 0.407. The maximum Gasteiger partial charge on any atom is 0.419 e. The molecule has 218 valence electrons. The lowest BCUT2D eigenvalue weighted by Crippen LogP contribution is -2.47. The van der Waals surface area contributed by atoms with Gasteiger partial charge in [0.2, 0.25) is 5.95 Å². The molecule has 0 saturated carbocycles. The third kappa shape index (κ3) is 6.25. The van der Waals surface area contributed by atoms with E-state index >= 15 is 0 Å². The summed E-state index contributed by atoms with van der Waals surface area (Å²) in [5.41, 5.74) is -0.513. The Morgan fingerprint density at radius 2 is 1.98 bits per heavy atom. The van der Waals surface area contributed by atoms with Gasteiger partial charge in [-0.2, -0.15) is 27.1 Å². The molecule has 1 amide bonds. The van der Waals surface area contributed by atoms with Crippen LogP contribution in [0, 0.1) is 0 Å². The van der Waals surface area contributed by atoms with Crippen molar-refractivity contribution in [1.29, 1.82) is 0 Å². The van der Waals surface area contributed by atoms with Crippen LogP contribution in [-0.4, -0.2) is 60.5 Å². The summed E-state index contributed by atoms with van der Waals surface area (Å²) < 4.78 is 73.9. The van der Waals surface area contributed by atoms with Crippen LogP contribution in [0.2, 0.25) is 0 Å². The van der Waals surface area contributed by atoms with Crippen molar-refractivity contribution >= 4 is 22.9 Å². The number of halogens is 5. The minimum Gasteiger partial charge on any atom is -0.444 e. The second-order valence-electron chi connectivity index (χ2n) is 10.8. The highest BCUT2D eigenvalue weighted by Gasteiger charge is 2.36. The summed E-state index contributed by atoms with van der Waals surface area (Å²) in [6.07, 6.45) is -0.549. The van der Waals surface area contributed by atoms with Crippen molar-refractivity contribution in [1.82, 2.24) is 29.6 Å². The number of carbonyl (C=O) groups excluding carboxylic acids is 1. The Kier molecular flexibility index (Phi) is 7.34. The Morgan fingerprint density at radius 1 is 1.20 bits per heavy atom. The first-order valence-electron chi connectivity index (χ1n) is 12.9. The molecule has 0 bridgehead atoms. The maximum absolute atomic E-state index is 14.0. The number of rotatable bonds is 5. The summed E-state index contributed by atoms with van der Waals surface area (Å²) in [7, 11) is 0. The summed E-state index contributed by atoms with van der Waals surface area (Å²) in [5.74, 6) is -0.00690. The van der Waals surface area contributed by atoms with Gasteiger partial charge in [-0.1, -0.05) is 12.1 Å². The molecule has 1 saturated heterocycles. The van der Waals surface area contributed by atoms with Crippen molar-refractivity contribution < 1.29 is 31.5 Å². The van der Waals surface area contributed by atoms with Gasteiger partial charge in [-0.15, -0.1) is 0 Å². The van der Waals surface area contributed by atoms with Gasteiger partial charge in [0.25, 0.3) is 0 Å². The van der Waals surface area contributed by atoms with Crippen LogP contribution in [0.1, 0.15) is 45.7 Å². The zero-order valence-corrected chi connectivity index (χ0v) is 22.5. The highest BCUT2D eigenvalue weighted by Crippen LogP contribution is 2.39. The van der Waals surface area contributed by atoms with Crippen LogP contribution >= 0.6 is 0 Å². The van der Waals surface area contributed by atoms with Crippen molar-refractivity contribution in [3.05, 3.63) is 48.4 Å². The predicted molar refractivity (Wildman–Crippen MR) is 141 cm³/mol. The van der Waals surface area contributed by atoms with Crippen molar-refractivity contribution in [2.24, 2.45) is 0 Å². The van der Waals surface area contributed by atoms with Crippen molar-refractivity contribution in [2.45, 2.75) is 58.0 Å². The smallest absolute Gasteiger partial charge is 0.419 e. The molecule has 0 unspecified atom stereocenters. The number of ether oxygens (including phenoxy) is 1. The second kappa shape index (κ2) is 10.6. The molecule has 1 aliphatic heterocycles. The van der Waals surface area contributed by atoms with Gasteiger partial charge in [-0.05, 0) is 45.7 Å². The number of nitrogens with zero attached hydrogens (tertiary/aromatic N) is 5. The number of aromatic amines is 1. The van der Waals surface area contributed by atoms with E-state index in [1.54, 1.807) is 43.9 Å². The number of alkyl halides is 5. The first kappa shape index (κ1) is 28.3. The summed E-state index contributed by atoms with van der Waals surface area (Å²) in [4.78, 5) is 25.2. The molecule has 0 radical (unpaired) electrons. The van der Waals surface area contributed by atoms with Crippen LogP contribution in [0.3, 0.4) is 0 Å². The number of carbonyl (C=O) groups is 1. The molecular weight excluding hydrogens is 549 g/mol. The van der Waals surface area contributed by atoms with E-state index in [0.717, 1.165) is 12.4 Å². The van der Waals surface area contributed by atoms with Gasteiger partial charge in [-0.3, -0.25) is 0 Å². The van der Waals surface area contributed by atoms with E-state index in [0.29, 0.717) is 46.2 Å². The molecule has 41 heavy (non-hydrogen) atoms. The number of piperidine rings is 1. The van der Waals surface area contributed by atoms with Crippen LogP contribution in [0.15, 0.2) is 42.9 Å². The lowest BCUT2D eigenvalue weighted by atomic mass is 10.0. The normalized spacial score (nSPS) is 16.4. The van der Waals surface area contributed by atoms with Gasteiger partial charge >= 0.3 is 18.8 Å². The predicted octanol–water partition coefficient (Wildman–Crippen LogP) is 6.71. The number of likely N-dealkylation sites (tertiary alicyclic amines) is 1. The van der Waals surface area contributed by atoms with Crippen LogP contribution in [0.4, 0.5) is 32.7 Å². The number of amides is 1. The number of aromatic nitrogens is 5. The molecule has 3 aromatic heterocycles. The minimum atomic E-state index is -4.72. The number of H-pyrrole nitrogens is 1. The van der Waals surface area contributed by atoms with Crippen molar-refractivity contribution in [3.63, 3.8) is 0 Å². The van der Waals surface area contributed by atoms with E-state index in [1.807, 2.05) is 0 Å². The lowest BCUT2D eigenvalue weighted by Gasteiger charge is -2.34. The second-order valence-corrected chi connectivity index (χ2v) is 10.8. The maximum atomic E-state index is 14.0. The molecule has 1 atom stereocenters. The quantitative estimate of drug-likeness (QED) is 0.256. The van der Waals surface area contributed by atoms with E-state index in [4.69, 9.17) is 4.74 Å². The molecule has 5 rings (SSSR count). The standard InChI is InChI=1S/C27H28F5N7O2/c1-26(2,3)41-25(40)38-9-4-5-16(14-38)35-24-34-13-19(27(30,31)32)22(36-24)18-12-33-21-11-15(6-7-17(18)21)20-8-10-39(37-20)23(28)29/h6-8,10-13,16,23,33H,4-5,9,14H2,1-3H3,(H,34,35,36)/t16-/m0/s1. The number of hydrogen-bond acceptors (Lipinski definition) is 6. The highest BCUT2D eigenvalue weighted by atomic mass is 19.4. The monoisotopic (exact) mass is 577 g/mol. The molecule has 1 aliphatic rings. The Bertz CT molecular complexity index is 1560. The zero-order valence-electron chi connectivity index (χ0n) is 22.5. The van der Waals surface area contributed by atoms with Crippen molar-refractivity contribution in [2.75, 3.05) is 18.4 Å². The Hall–Kier alpha value is -4.23. The fourth-order valence-corrected chi connectivity index (χ4v) is 4.72. The number of benzene rings is 1. The summed E-state index contributed by atoms with van der Waals surface area (Å²) in [6.45, 7) is 3.31. The zero-order chi connectivity index (χ0) is 29.5. The molecule has 1 fully saturated rings. The third-order valence-electron chi connectivity index (χ3n) is 6.54. The molecule has 4 aromatic rings. The Morgan fingerprint density at radius 3 is 2.66 bits per heavy atom. The molecule has 1 aromatic carbocycles. The molecular formula is C27H28F5N7O2. The van der Waals surface area contributed by atoms with E-state index in [9.17, 15) is 26.7 Å². The first-order chi connectivity index (χ1) is 19.3. The summed E-state index contributed by atoms with van der Waals surface area (Å²) in [6, 6.07) is 5.94. The Labute approximate surface area is 231 Å². The van der Waals surface area contributed by atoms with E-state index in [-0.39, 0.29) is 29.8 Å².